The number of aromatic nitrogens is 3. The minimum absolute atomic E-state index is 0.150. The Morgan fingerprint density at radius 2 is 2.00 bits per heavy atom. The summed E-state index contributed by atoms with van der Waals surface area (Å²) in [7, 11) is 0. The zero-order valence-corrected chi connectivity index (χ0v) is 14.2. The lowest BCUT2D eigenvalue weighted by Gasteiger charge is -2.36. The van der Waals surface area contributed by atoms with Gasteiger partial charge in [-0.1, -0.05) is 0 Å². The fourth-order valence-electron chi connectivity index (χ4n) is 3.44. The number of carbonyl (C=O) groups is 1. The van der Waals surface area contributed by atoms with Crippen molar-refractivity contribution in [1.29, 1.82) is 0 Å². The van der Waals surface area contributed by atoms with Crippen molar-refractivity contribution in [2.45, 2.75) is 32.8 Å². The summed E-state index contributed by atoms with van der Waals surface area (Å²) in [6.45, 7) is 7.78. The molecule has 2 aliphatic rings. The van der Waals surface area contributed by atoms with Crippen LogP contribution in [0.25, 0.3) is 5.65 Å². The van der Waals surface area contributed by atoms with Gasteiger partial charge in [0.05, 0.1) is 11.4 Å². The summed E-state index contributed by atoms with van der Waals surface area (Å²) in [5.41, 5.74) is 2.95. The van der Waals surface area contributed by atoms with Gasteiger partial charge in [-0.25, -0.2) is 9.50 Å². The van der Waals surface area contributed by atoms with Crippen molar-refractivity contribution in [1.82, 2.24) is 19.5 Å². The topological polar surface area (TPSA) is 63.0 Å². The molecule has 1 unspecified atom stereocenters. The largest absolute Gasteiger partial charge is 0.368 e. The van der Waals surface area contributed by atoms with Crippen LogP contribution in [0.15, 0.2) is 12.1 Å². The second kappa shape index (κ2) is 6.05. The highest BCUT2D eigenvalue weighted by Gasteiger charge is 2.30. The van der Waals surface area contributed by atoms with Gasteiger partial charge in [-0.3, -0.25) is 4.79 Å². The van der Waals surface area contributed by atoms with Gasteiger partial charge in [0.25, 0.3) is 5.91 Å². The van der Waals surface area contributed by atoms with Gasteiger partial charge in [0.2, 0.25) is 0 Å². The number of rotatable bonds is 2. The lowest BCUT2D eigenvalue weighted by atomic mass is 10.2. The number of amides is 1. The van der Waals surface area contributed by atoms with Crippen LogP contribution < -0.4 is 4.90 Å². The van der Waals surface area contributed by atoms with Crippen LogP contribution >= 0.6 is 0 Å². The maximum atomic E-state index is 12.4. The number of hydrogen-bond donors (Lipinski definition) is 0. The lowest BCUT2D eigenvalue weighted by molar-refractivity contribution is -0.141. The summed E-state index contributed by atoms with van der Waals surface area (Å²) in [6.07, 6.45) is 1.63. The lowest BCUT2D eigenvalue weighted by Crippen LogP contribution is -2.51. The predicted molar refractivity (Wildman–Crippen MR) is 90.2 cm³/mol. The molecule has 2 aliphatic heterocycles. The van der Waals surface area contributed by atoms with Gasteiger partial charge < -0.3 is 14.5 Å². The molecule has 2 aromatic rings. The van der Waals surface area contributed by atoms with Gasteiger partial charge in [0, 0.05) is 32.8 Å². The summed E-state index contributed by atoms with van der Waals surface area (Å²) in [6, 6.07) is 4.02. The molecule has 0 aliphatic carbocycles. The van der Waals surface area contributed by atoms with Crippen molar-refractivity contribution in [3.63, 3.8) is 0 Å². The molecular formula is C17H23N5O2. The molecule has 4 heterocycles. The second-order valence-corrected chi connectivity index (χ2v) is 6.56. The summed E-state index contributed by atoms with van der Waals surface area (Å²) < 4.78 is 7.41. The first-order valence-corrected chi connectivity index (χ1v) is 8.62. The Bertz CT molecular complexity index is 758. The van der Waals surface area contributed by atoms with Crippen molar-refractivity contribution in [3.8, 4) is 0 Å². The normalized spacial score (nSPS) is 21.7. The Morgan fingerprint density at radius 1 is 1.21 bits per heavy atom. The smallest absolute Gasteiger partial charge is 0.251 e. The third-order valence-corrected chi connectivity index (χ3v) is 5.04. The maximum absolute atomic E-state index is 12.4. The van der Waals surface area contributed by atoms with E-state index in [-0.39, 0.29) is 12.0 Å². The summed E-state index contributed by atoms with van der Waals surface area (Å²) in [5.74, 6) is 1.09. The molecule has 1 atom stereocenters. The number of piperazine rings is 1. The Kier molecular flexibility index (Phi) is 3.88. The van der Waals surface area contributed by atoms with E-state index in [1.807, 2.05) is 35.4 Å². The maximum Gasteiger partial charge on any atom is 0.251 e. The Balaban J connectivity index is 1.45. The average molecular weight is 329 g/mol. The highest BCUT2D eigenvalue weighted by atomic mass is 16.5. The molecule has 2 aromatic heterocycles. The number of nitrogens with zero attached hydrogens (tertiary/aromatic N) is 5. The molecule has 0 bridgehead atoms. The van der Waals surface area contributed by atoms with Crippen LogP contribution in [-0.2, 0) is 9.53 Å². The van der Waals surface area contributed by atoms with Gasteiger partial charge in [-0.15, -0.1) is 5.10 Å². The van der Waals surface area contributed by atoms with E-state index < -0.39 is 0 Å². The minimum atomic E-state index is -0.220. The summed E-state index contributed by atoms with van der Waals surface area (Å²) in [4.78, 5) is 21.1. The van der Waals surface area contributed by atoms with E-state index in [0.29, 0.717) is 6.61 Å². The Hall–Kier alpha value is -2.15. The molecule has 128 valence electrons. The van der Waals surface area contributed by atoms with E-state index in [1.54, 1.807) is 0 Å². The molecule has 0 aromatic carbocycles. The molecule has 0 radical (unpaired) electrons. The van der Waals surface area contributed by atoms with Gasteiger partial charge >= 0.3 is 0 Å². The molecule has 0 N–H and O–H groups in total. The average Bonchev–Trinajstić information content (AvgIpc) is 3.24. The molecule has 2 saturated heterocycles. The van der Waals surface area contributed by atoms with Crippen molar-refractivity contribution in [2.75, 3.05) is 37.7 Å². The van der Waals surface area contributed by atoms with E-state index >= 15 is 0 Å². The van der Waals surface area contributed by atoms with Gasteiger partial charge in [0.15, 0.2) is 5.65 Å². The highest BCUT2D eigenvalue weighted by molar-refractivity contribution is 5.81. The van der Waals surface area contributed by atoms with Gasteiger partial charge in [-0.2, -0.15) is 0 Å². The fraction of sp³-hybridized carbons (Fsp3) is 0.588. The number of anilines is 1. The molecule has 0 spiro atoms. The predicted octanol–water partition coefficient (Wildman–Crippen LogP) is 1.17. The van der Waals surface area contributed by atoms with E-state index in [4.69, 9.17) is 9.84 Å². The third-order valence-electron chi connectivity index (χ3n) is 5.04. The van der Waals surface area contributed by atoms with Crippen LogP contribution in [-0.4, -0.2) is 64.3 Å². The second-order valence-electron chi connectivity index (χ2n) is 6.56. The molecule has 7 nitrogen and oxygen atoms in total. The van der Waals surface area contributed by atoms with Crippen LogP contribution in [0.2, 0.25) is 0 Å². The van der Waals surface area contributed by atoms with Crippen LogP contribution in [0, 0.1) is 13.8 Å². The van der Waals surface area contributed by atoms with Crippen LogP contribution in [0.3, 0.4) is 0 Å². The highest BCUT2D eigenvalue weighted by Crippen LogP contribution is 2.19. The first-order valence-electron chi connectivity index (χ1n) is 8.62. The van der Waals surface area contributed by atoms with Crippen molar-refractivity contribution in [3.05, 3.63) is 23.5 Å². The molecule has 2 fully saturated rings. The van der Waals surface area contributed by atoms with Gasteiger partial charge in [0.1, 0.15) is 11.9 Å². The first kappa shape index (κ1) is 15.4. The fourth-order valence-corrected chi connectivity index (χ4v) is 3.44. The summed E-state index contributed by atoms with van der Waals surface area (Å²) in [5, 5.41) is 4.72. The Morgan fingerprint density at radius 3 is 2.71 bits per heavy atom. The molecule has 0 saturated carbocycles. The standard InChI is InChI=1S/C17H23N5O2/c1-12-13(2)22-15(18-12)5-6-16(19-22)20-7-9-21(10-8-20)17(23)14-4-3-11-24-14/h5-6,14H,3-4,7-11H2,1-2H3. The van der Waals surface area contributed by atoms with E-state index in [0.717, 1.165) is 61.9 Å². The zero-order valence-electron chi connectivity index (χ0n) is 14.2. The van der Waals surface area contributed by atoms with Crippen LogP contribution in [0.4, 0.5) is 5.82 Å². The zero-order chi connectivity index (χ0) is 16.7. The van der Waals surface area contributed by atoms with Crippen molar-refractivity contribution < 1.29 is 9.53 Å². The number of carbonyl (C=O) groups excluding carboxylic acids is 1. The molecule has 4 rings (SSSR count). The molecular weight excluding hydrogens is 306 g/mol. The van der Waals surface area contributed by atoms with Gasteiger partial charge in [-0.05, 0) is 38.8 Å². The SMILES string of the molecule is Cc1nc2ccc(N3CCN(C(=O)C4CCCO4)CC3)nn2c1C. The molecule has 7 heteroatoms. The molecule has 24 heavy (non-hydrogen) atoms. The quantitative estimate of drug-likeness (QED) is 0.828. The number of hydrogen-bond acceptors (Lipinski definition) is 5. The number of fused-ring (bicyclic) bond motifs is 1. The van der Waals surface area contributed by atoms with Crippen LogP contribution in [0.5, 0.6) is 0 Å². The third kappa shape index (κ3) is 2.62. The number of ether oxygens (including phenoxy) is 1. The summed E-state index contributed by atoms with van der Waals surface area (Å²) >= 11 is 0. The minimum Gasteiger partial charge on any atom is -0.368 e. The molecule has 1 amide bonds. The van der Waals surface area contributed by atoms with Crippen molar-refractivity contribution in [2.24, 2.45) is 0 Å². The van der Waals surface area contributed by atoms with E-state index in [2.05, 4.69) is 9.88 Å². The Labute approximate surface area is 141 Å². The van der Waals surface area contributed by atoms with Crippen LogP contribution in [0.1, 0.15) is 24.2 Å². The number of imidazole rings is 1. The van der Waals surface area contributed by atoms with Crippen molar-refractivity contribution >= 4 is 17.4 Å². The first-order chi connectivity index (χ1) is 11.6. The van der Waals surface area contributed by atoms with E-state index in [1.165, 1.54) is 0 Å². The van der Waals surface area contributed by atoms with E-state index in [9.17, 15) is 4.79 Å². The number of aryl methyl sites for hydroxylation is 2. The monoisotopic (exact) mass is 329 g/mol.